The van der Waals surface area contributed by atoms with Gasteiger partial charge in [-0.05, 0) is 48.5 Å². The summed E-state index contributed by atoms with van der Waals surface area (Å²) < 4.78 is 10.1. The largest absolute Gasteiger partial charge is 0.465 e. The summed E-state index contributed by atoms with van der Waals surface area (Å²) in [5, 5.41) is 4.18. The molecule has 0 saturated heterocycles. The van der Waals surface area contributed by atoms with E-state index in [-0.39, 0.29) is 5.97 Å². The van der Waals surface area contributed by atoms with Crippen LogP contribution in [0.5, 0.6) is 0 Å². The Kier molecular flexibility index (Phi) is 4.07. The fourth-order valence-electron chi connectivity index (χ4n) is 2.63. The molecule has 0 fully saturated rings. The van der Waals surface area contributed by atoms with Crippen molar-refractivity contribution in [1.29, 1.82) is 0 Å². The molecule has 0 spiro atoms. The molecule has 128 valence electrons. The van der Waals surface area contributed by atoms with E-state index in [9.17, 15) is 4.79 Å². The summed E-state index contributed by atoms with van der Waals surface area (Å²) in [7, 11) is 1.36. The summed E-state index contributed by atoms with van der Waals surface area (Å²) >= 11 is 0. The van der Waals surface area contributed by atoms with Gasteiger partial charge in [0.2, 0.25) is 0 Å². The monoisotopic (exact) mass is 345 g/mol. The SMILES string of the molecule is COC(=O)c1ccc(Nc2nc(-c3ccco3)nc3ccccc23)cc1. The molecule has 26 heavy (non-hydrogen) atoms. The molecule has 0 aliphatic carbocycles. The van der Waals surface area contributed by atoms with Crippen LogP contribution >= 0.6 is 0 Å². The first-order valence-corrected chi connectivity index (χ1v) is 8.00. The van der Waals surface area contributed by atoms with Gasteiger partial charge in [-0.1, -0.05) is 12.1 Å². The molecule has 0 bridgehead atoms. The smallest absolute Gasteiger partial charge is 0.337 e. The predicted octanol–water partition coefficient (Wildman–Crippen LogP) is 4.42. The molecule has 2 aromatic carbocycles. The molecule has 6 heteroatoms. The third-order valence-corrected chi connectivity index (χ3v) is 3.91. The average molecular weight is 345 g/mol. The Morgan fingerprint density at radius 3 is 2.54 bits per heavy atom. The number of fused-ring (bicyclic) bond motifs is 1. The maximum absolute atomic E-state index is 11.6. The van der Waals surface area contributed by atoms with Gasteiger partial charge in [-0.15, -0.1) is 0 Å². The number of furan rings is 1. The maximum atomic E-state index is 11.6. The first kappa shape index (κ1) is 15.8. The van der Waals surface area contributed by atoms with Gasteiger partial charge in [-0.25, -0.2) is 14.8 Å². The maximum Gasteiger partial charge on any atom is 0.337 e. The summed E-state index contributed by atoms with van der Waals surface area (Å²) in [5.41, 5.74) is 2.09. The Bertz CT molecular complexity index is 1060. The first-order valence-electron chi connectivity index (χ1n) is 8.00. The number of carbonyl (C=O) groups excluding carboxylic acids is 1. The van der Waals surface area contributed by atoms with Crippen LogP contribution in [0.25, 0.3) is 22.5 Å². The summed E-state index contributed by atoms with van der Waals surface area (Å²) in [6, 6.07) is 18.4. The topological polar surface area (TPSA) is 77.2 Å². The molecular weight excluding hydrogens is 330 g/mol. The van der Waals surface area contributed by atoms with Crippen molar-refractivity contribution >= 4 is 28.4 Å². The highest BCUT2D eigenvalue weighted by atomic mass is 16.5. The van der Waals surface area contributed by atoms with E-state index >= 15 is 0 Å². The number of hydrogen-bond acceptors (Lipinski definition) is 6. The lowest BCUT2D eigenvalue weighted by atomic mass is 10.2. The van der Waals surface area contributed by atoms with E-state index in [0.717, 1.165) is 16.6 Å². The summed E-state index contributed by atoms with van der Waals surface area (Å²) in [4.78, 5) is 20.7. The highest BCUT2D eigenvalue weighted by Crippen LogP contribution is 2.27. The van der Waals surface area contributed by atoms with Gasteiger partial charge in [0.1, 0.15) is 5.82 Å². The number of nitrogens with one attached hydrogen (secondary N) is 1. The first-order chi connectivity index (χ1) is 12.7. The Labute approximate surface area is 149 Å². The molecule has 0 atom stereocenters. The van der Waals surface area contributed by atoms with Crippen molar-refractivity contribution in [2.45, 2.75) is 0 Å². The minimum absolute atomic E-state index is 0.371. The van der Waals surface area contributed by atoms with E-state index in [2.05, 4.69) is 15.3 Å². The Balaban J connectivity index is 1.74. The van der Waals surface area contributed by atoms with Crippen LogP contribution in [0.3, 0.4) is 0 Å². The highest BCUT2D eigenvalue weighted by molar-refractivity contribution is 5.93. The van der Waals surface area contributed by atoms with E-state index in [1.807, 2.05) is 30.3 Å². The van der Waals surface area contributed by atoms with Crippen molar-refractivity contribution < 1.29 is 13.9 Å². The molecular formula is C20H15N3O3. The molecule has 2 heterocycles. The number of carbonyl (C=O) groups is 1. The molecule has 6 nitrogen and oxygen atoms in total. The lowest BCUT2D eigenvalue weighted by Gasteiger charge is -2.10. The van der Waals surface area contributed by atoms with Crippen molar-refractivity contribution in [2.75, 3.05) is 12.4 Å². The number of nitrogens with zero attached hydrogens (tertiary/aromatic N) is 2. The lowest BCUT2D eigenvalue weighted by Crippen LogP contribution is -2.02. The predicted molar refractivity (Wildman–Crippen MR) is 98.3 cm³/mol. The van der Waals surface area contributed by atoms with Crippen LogP contribution in [-0.4, -0.2) is 23.0 Å². The van der Waals surface area contributed by atoms with E-state index in [0.29, 0.717) is 23.0 Å². The van der Waals surface area contributed by atoms with Crippen LogP contribution in [0.4, 0.5) is 11.5 Å². The number of ether oxygens (including phenoxy) is 1. The molecule has 0 amide bonds. The van der Waals surface area contributed by atoms with Crippen LogP contribution in [0, 0.1) is 0 Å². The van der Waals surface area contributed by atoms with Crippen molar-refractivity contribution in [3.8, 4) is 11.6 Å². The fraction of sp³-hybridized carbons (Fsp3) is 0.0500. The number of esters is 1. The number of hydrogen-bond donors (Lipinski definition) is 1. The minimum atomic E-state index is -0.371. The molecule has 0 aliphatic rings. The second-order valence-corrected chi connectivity index (χ2v) is 5.58. The lowest BCUT2D eigenvalue weighted by molar-refractivity contribution is 0.0601. The van der Waals surface area contributed by atoms with Gasteiger partial charge >= 0.3 is 5.97 Å². The van der Waals surface area contributed by atoms with E-state index in [1.54, 1.807) is 36.6 Å². The molecule has 4 rings (SSSR count). The van der Waals surface area contributed by atoms with Crippen LogP contribution in [-0.2, 0) is 4.74 Å². The standard InChI is InChI=1S/C20H15N3O3/c1-25-20(24)13-8-10-14(11-9-13)21-18-15-5-2-3-6-16(15)22-19(23-18)17-7-4-12-26-17/h2-12H,1H3,(H,21,22,23). The van der Waals surface area contributed by atoms with Crippen LogP contribution in [0.15, 0.2) is 71.3 Å². The average Bonchev–Trinajstić information content (AvgIpc) is 3.23. The number of methoxy groups -OCH3 is 1. The Morgan fingerprint density at radius 1 is 1.00 bits per heavy atom. The quantitative estimate of drug-likeness (QED) is 0.552. The molecule has 0 radical (unpaired) electrons. The van der Waals surface area contributed by atoms with Crippen molar-refractivity contribution in [1.82, 2.24) is 9.97 Å². The highest BCUT2D eigenvalue weighted by Gasteiger charge is 2.12. The van der Waals surface area contributed by atoms with E-state index < -0.39 is 0 Å². The van der Waals surface area contributed by atoms with Gasteiger partial charge in [0.15, 0.2) is 11.6 Å². The molecule has 0 aliphatic heterocycles. The molecule has 4 aromatic rings. The Morgan fingerprint density at radius 2 is 1.81 bits per heavy atom. The van der Waals surface area contributed by atoms with Crippen LogP contribution in [0.2, 0.25) is 0 Å². The number of aromatic nitrogens is 2. The van der Waals surface area contributed by atoms with Crippen molar-refractivity contribution in [2.24, 2.45) is 0 Å². The molecule has 0 unspecified atom stereocenters. The zero-order valence-electron chi connectivity index (χ0n) is 14.0. The zero-order chi connectivity index (χ0) is 17.9. The van der Waals surface area contributed by atoms with E-state index in [4.69, 9.17) is 9.15 Å². The third kappa shape index (κ3) is 3.00. The molecule has 1 N–H and O–H groups in total. The van der Waals surface area contributed by atoms with Crippen molar-refractivity contribution in [3.63, 3.8) is 0 Å². The zero-order valence-corrected chi connectivity index (χ0v) is 14.0. The van der Waals surface area contributed by atoms with Gasteiger partial charge in [-0.2, -0.15) is 0 Å². The van der Waals surface area contributed by atoms with Gasteiger partial charge in [0.25, 0.3) is 0 Å². The fourth-order valence-corrected chi connectivity index (χ4v) is 2.63. The van der Waals surface area contributed by atoms with Gasteiger partial charge in [0.05, 0.1) is 24.5 Å². The van der Waals surface area contributed by atoms with Crippen LogP contribution in [0.1, 0.15) is 10.4 Å². The van der Waals surface area contributed by atoms with Gasteiger partial charge in [0, 0.05) is 11.1 Å². The second kappa shape index (κ2) is 6.68. The normalized spacial score (nSPS) is 10.7. The summed E-state index contributed by atoms with van der Waals surface area (Å²) in [6.45, 7) is 0. The van der Waals surface area contributed by atoms with Gasteiger partial charge < -0.3 is 14.5 Å². The molecule has 2 aromatic heterocycles. The molecule has 0 saturated carbocycles. The van der Waals surface area contributed by atoms with Gasteiger partial charge in [-0.3, -0.25) is 0 Å². The summed E-state index contributed by atoms with van der Waals surface area (Å²) in [5.74, 6) is 1.39. The van der Waals surface area contributed by atoms with Crippen molar-refractivity contribution in [3.05, 3.63) is 72.5 Å². The third-order valence-electron chi connectivity index (χ3n) is 3.91. The Hall–Kier alpha value is -3.67. The number of anilines is 2. The van der Waals surface area contributed by atoms with E-state index in [1.165, 1.54) is 7.11 Å². The minimum Gasteiger partial charge on any atom is -0.465 e. The number of benzene rings is 2. The second-order valence-electron chi connectivity index (χ2n) is 5.58. The van der Waals surface area contributed by atoms with Crippen LogP contribution < -0.4 is 5.32 Å². The summed E-state index contributed by atoms with van der Waals surface area (Å²) in [6.07, 6.45) is 1.59. The number of rotatable bonds is 4. The number of para-hydroxylation sites is 1.